The van der Waals surface area contributed by atoms with Crippen LogP contribution in [0.3, 0.4) is 0 Å². The van der Waals surface area contributed by atoms with E-state index in [0.717, 1.165) is 25.8 Å². The summed E-state index contributed by atoms with van der Waals surface area (Å²) in [5.74, 6) is 0.706. The molecule has 1 aromatic carbocycles. The van der Waals surface area contributed by atoms with Crippen LogP contribution in [-0.2, 0) is 4.79 Å². The molecule has 0 spiro atoms. The minimum atomic E-state index is 0.0974. The fourth-order valence-corrected chi connectivity index (χ4v) is 2.92. The number of aliphatic hydroxyl groups excluding tert-OH is 1. The predicted octanol–water partition coefficient (Wildman–Crippen LogP) is 2.87. The van der Waals surface area contributed by atoms with Crippen LogP contribution in [0.15, 0.2) is 24.3 Å². The highest BCUT2D eigenvalue weighted by Gasteiger charge is 2.25. The van der Waals surface area contributed by atoms with Crippen LogP contribution in [0.2, 0.25) is 5.02 Å². The second kappa shape index (κ2) is 8.25. The van der Waals surface area contributed by atoms with E-state index >= 15 is 0 Å². The Morgan fingerprint density at radius 3 is 2.95 bits per heavy atom. The van der Waals surface area contributed by atoms with Crippen molar-refractivity contribution in [3.05, 3.63) is 29.3 Å². The van der Waals surface area contributed by atoms with E-state index in [2.05, 4.69) is 0 Å². The third-order valence-electron chi connectivity index (χ3n) is 3.82. The number of piperidine rings is 1. The van der Waals surface area contributed by atoms with Gasteiger partial charge in [-0.15, -0.1) is 0 Å². The van der Waals surface area contributed by atoms with Crippen LogP contribution in [0.4, 0.5) is 0 Å². The lowest BCUT2D eigenvalue weighted by Gasteiger charge is -2.35. The number of hydrogen-bond donors (Lipinski definition) is 1. The van der Waals surface area contributed by atoms with Gasteiger partial charge in [-0.1, -0.05) is 23.7 Å². The molecule has 1 aliphatic rings. The molecule has 2 rings (SSSR count). The number of likely N-dealkylation sites (tertiary alicyclic amines) is 1. The first kappa shape index (κ1) is 16.1. The quantitative estimate of drug-likeness (QED) is 0.879. The number of para-hydroxylation sites is 1. The molecule has 1 heterocycles. The summed E-state index contributed by atoms with van der Waals surface area (Å²) >= 11 is 6.00. The van der Waals surface area contributed by atoms with Gasteiger partial charge >= 0.3 is 0 Å². The lowest BCUT2D eigenvalue weighted by atomic mass is 9.99. The first-order valence-corrected chi connectivity index (χ1v) is 7.88. The summed E-state index contributed by atoms with van der Waals surface area (Å²) in [6.45, 7) is 1.24. The Labute approximate surface area is 130 Å². The Bertz CT molecular complexity index is 465. The molecular formula is C16H22ClNO3. The summed E-state index contributed by atoms with van der Waals surface area (Å²) in [6, 6.07) is 7.43. The van der Waals surface area contributed by atoms with Gasteiger partial charge in [0, 0.05) is 19.2 Å². The van der Waals surface area contributed by atoms with Crippen molar-refractivity contribution in [1.29, 1.82) is 0 Å². The number of ether oxygens (including phenoxy) is 1. The van der Waals surface area contributed by atoms with Gasteiger partial charge in [0.1, 0.15) is 5.75 Å². The van der Waals surface area contributed by atoms with Crippen LogP contribution in [0, 0.1) is 0 Å². The second-order valence-electron chi connectivity index (χ2n) is 5.28. The highest BCUT2D eigenvalue weighted by Crippen LogP contribution is 2.24. The Morgan fingerprint density at radius 2 is 2.19 bits per heavy atom. The molecular weight excluding hydrogens is 290 g/mol. The lowest BCUT2D eigenvalue weighted by molar-refractivity contribution is -0.135. The fourth-order valence-electron chi connectivity index (χ4n) is 2.73. The monoisotopic (exact) mass is 311 g/mol. The number of rotatable bonds is 6. The zero-order chi connectivity index (χ0) is 15.1. The van der Waals surface area contributed by atoms with E-state index in [1.165, 1.54) is 0 Å². The molecule has 1 aliphatic heterocycles. The molecule has 116 valence electrons. The number of carbonyl (C=O) groups is 1. The van der Waals surface area contributed by atoms with E-state index < -0.39 is 0 Å². The maximum atomic E-state index is 12.3. The van der Waals surface area contributed by atoms with Gasteiger partial charge in [0.05, 0.1) is 18.1 Å². The average Bonchev–Trinajstić information content (AvgIpc) is 2.50. The van der Waals surface area contributed by atoms with Crippen LogP contribution >= 0.6 is 11.6 Å². The molecule has 1 unspecified atom stereocenters. The molecule has 0 bridgehead atoms. The summed E-state index contributed by atoms with van der Waals surface area (Å²) in [5, 5.41) is 9.65. The summed E-state index contributed by atoms with van der Waals surface area (Å²) in [6.07, 6.45) is 4.16. The Morgan fingerprint density at radius 1 is 1.38 bits per heavy atom. The number of nitrogens with zero attached hydrogens (tertiary/aromatic N) is 1. The van der Waals surface area contributed by atoms with Crippen molar-refractivity contribution in [2.75, 3.05) is 19.8 Å². The molecule has 0 saturated carbocycles. The lowest BCUT2D eigenvalue weighted by Crippen LogP contribution is -2.44. The average molecular weight is 312 g/mol. The van der Waals surface area contributed by atoms with Crippen molar-refractivity contribution in [3.8, 4) is 5.75 Å². The summed E-state index contributed by atoms with van der Waals surface area (Å²) in [5.41, 5.74) is 0. The van der Waals surface area contributed by atoms with Gasteiger partial charge in [0.15, 0.2) is 0 Å². The molecule has 1 atom stereocenters. The number of benzene rings is 1. The van der Waals surface area contributed by atoms with Crippen molar-refractivity contribution < 1.29 is 14.6 Å². The van der Waals surface area contributed by atoms with E-state index in [9.17, 15) is 4.79 Å². The predicted molar refractivity (Wildman–Crippen MR) is 82.6 cm³/mol. The fraction of sp³-hybridized carbons (Fsp3) is 0.562. The summed E-state index contributed by atoms with van der Waals surface area (Å²) in [7, 11) is 0. The number of hydrogen-bond acceptors (Lipinski definition) is 3. The molecule has 1 saturated heterocycles. The number of amides is 1. The van der Waals surface area contributed by atoms with Crippen molar-refractivity contribution in [1.82, 2.24) is 4.90 Å². The normalized spacial score (nSPS) is 18.6. The van der Waals surface area contributed by atoms with Crippen molar-refractivity contribution >= 4 is 17.5 Å². The maximum absolute atomic E-state index is 12.3. The topological polar surface area (TPSA) is 49.8 Å². The summed E-state index contributed by atoms with van der Waals surface area (Å²) in [4.78, 5) is 14.2. The molecule has 0 aromatic heterocycles. The van der Waals surface area contributed by atoms with Gasteiger partial charge in [-0.05, 0) is 37.8 Å². The van der Waals surface area contributed by atoms with E-state index in [4.69, 9.17) is 21.4 Å². The van der Waals surface area contributed by atoms with E-state index in [1.807, 2.05) is 17.0 Å². The van der Waals surface area contributed by atoms with Crippen molar-refractivity contribution in [3.63, 3.8) is 0 Å². The maximum Gasteiger partial charge on any atom is 0.226 e. The van der Waals surface area contributed by atoms with Gasteiger partial charge < -0.3 is 14.7 Å². The number of aliphatic hydroxyl groups is 1. The molecule has 0 radical (unpaired) electrons. The summed E-state index contributed by atoms with van der Waals surface area (Å²) < 4.78 is 5.56. The zero-order valence-corrected chi connectivity index (χ0v) is 12.9. The van der Waals surface area contributed by atoms with Gasteiger partial charge in [-0.2, -0.15) is 0 Å². The van der Waals surface area contributed by atoms with Gasteiger partial charge in [0.2, 0.25) is 5.91 Å². The Hall–Kier alpha value is -1.26. The van der Waals surface area contributed by atoms with Crippen molar-refractivity contribution in [2.24, 2.45) is 0 Å². The number of carbonyl (C=O) groups excluding carboxylic acids is 1. The molecule has 4 nitrogen and oxygen atoms in total. The minimum absolute atomic E-state index is 0.0974. The minimum Gasteiger partial charge on any atom is -0.491 e. The largest absolute Gasteiger partial charge is 0.491 e. The molecule has 5 heteroatoms. The van der Waals surface area contributed by atoms with Gasteiger partial charge in [-0.25, -0.2) is 0 Å². The SMILES string of the molecule is O=C(CCOc1ccccc1Cl)N1CCCCC1CCO. The Balaban J connectivity index is 1.82. The molecule has 0 aliphatic carbocycles. The molecule has 1 N–H and O–H groups in total. The first-order chi connectivity index (χ1) is 10.2. The molecule has 1 amide bonds. The van der Waals surface area contributed by atoms with E-state index in [1.54, 1.807) is 12.1 Å². The third kappa shape index (κ3) is 4.61. The Kier molecular flexibility index (Phi) is 6.33. The second-order valence-corrected chi connectivity index (χ2v) is 5.69. The van der Waals surface area contributed by atoms with Crippen LogP contribution in [0.5, 0.6) is 5.75 Å². The highest BCUT2D eigenvalue weighted by molar-refractivity contribution is 6.32. The molecule has 1 fully saturated rings. The van der Waals surface area contributed by atoms with Crippen LogP contribution in [-0.4, -0.2) is 41.7 Å². The van der Waals surface area contributed by atoms with Gasteiger partial charge in [0.25, 0.3) is 0 Å². The third-order valence-corrected chi connectivity index (χ3v) is 4.13. The van der Waals surface area contributed by atoms with Crippen LogP contribution in [0.1, 0.15) is 32.1 Å². The van der Waals surface area contributed by atoms with E-state index in [-0.39, 0.29) is 18.6 Å². The van der Waals surface area contributed by atoms with E-state index in [0.29, 0.717) is 30.2 Å². The van der Waals surface area contributed by atoms with Crippen LogP contribution in [0.25, 0.3) is 0 Å². The van der Waals surface area contributed by atoms with Gasteiger partial charge in [-0.3, -0.25) is 4.79 Å². The number of halogens is 1. The first-order valence-electron chi connectivity index (χ1n) is 7.50. The zero-order valence-electron chi connectivity index (χ0n) is 12.1. The smallest absolute Gasteiger partial charge is 0.226 e. The van der Waals surface area contributed by atoms with Crippen molar-refractivity contribution in [2.45, 2.75) is 38.1 Å². The standard InChI is InChI=1S/C16H22ClNO3/c17-14-6-1-2-7-15(14)21-12-9-16(20)18-10-4-3-5-13(18)8-11-19/h1-2,6-7,13,19H,3-5,8-12H2. The molecule has 21 heavy (non-hydrogen) atoms. The highest BCUT2D eigenvalue weighted by atomic mass is 35.5. The molecule has 1 aromatic rings. The van der Waals surface area contributed by atoms with Crippen LogP contribution < -0.4 is 4.74 Å².